The molecule has 0 fully saturated rings. The van der Waals surface area contributed by atoms with Crippen molar-refractivity contribution in [1.82, 2.24) is 10.2 Å². The van der Waals surface area contributed by atoms with Crippen LogP contribution in [0.25, 0.3) is 0 Å². The van der Waals surface area contributed by atoms with Crippen LogP contribution in [0, 0.1) is 0 Å². The summed E-state index contributed by atoms with van der Waals surface area (Å²) >= 11 is 1.18. The van der Waals surface area contributed by atoms with Gasteiger partial charge in [-0.3, -0.25) is 10.1 Å². The van der Waals surface area contributed by atoms with E-state index in [0.717, 1.165) is 18.6 Å². The van der Waals surface area contributed by atoms with Gasteiger partial charge in [0.2, 0.25) is 10.3 Å². The molecule has 1 aromatic heterocycles. The Labute approximate surface area is 159 Å². The third kappa shape index (κ3) is 5.31. The minimum atomic E-state index is -4.79. The summed E-state index contributed by atoms with van der Waals surface area (Å²) in [6.45, 7) is 0.672. The standard InChI is InChI=1S/C17H15FN4O3S2/c18-27(24,25)14-8-6-13(7-9-14)15(23)20-17-22-21-16(26-17)19-11-10-12-4-2-1-3-5-12/h1-9H,10-11H2,(H,19,21)(H,20,22,23). The second kappa shape index (κ2) is 8.23. The summed E-state index contributed by atoms with van der Waals surface area (Å²) in [5, 5.41) is 14.4. The second-order valence-electron chi connectivity index (χ2n) is 5.49. The molecule has 1 heterocycles. The van der Waals surface area contributed by atoms with Crippen molar-refractivity contribution in [3.63, 3.8) is 0 Å². The van der Waals surface area contributed by atoms with Crippen LogP contribution in [0.5, 0.6) is 0 Å². The molecule has 140 valence electrons. The van der Waals surface area contributed by atoms with Crippen molar-refractivity contribution in [2.45, 2.75) is 11.3 Å². The molecule has 27 heavy (non-hydrogen) atoms. The van der Waals surface area contributed by atoms with Crippen LogP contribution in [0.2, 0.25) is 0 Å². The van der Waals surface area contributed by atoms with Gasteiger partial charge in [0, 0.05) is 12.1 Å². The fourth-order valence-corrected chi connectivity index (χ4v) is 3.37. The van der Waals surface area contributed by atoms with Gasteiger partial charge < -0.3 is 5.32 Å². The zero-order valence-electron chi connectivity index (χ0n) is 13.9. The maximum Gasteiger partial charge on any atom is 0.332 e. The first-order chi connectivity index (χ1) is 12.9. The normalized spacial score (nSPS) is 11.1. The lowest BCUT2D eigenvalue weighted by atomic mass is 10.2. The van der Waals surface area contributed by atoms with Crippen LogP contribution in [0.4, 0.5) is 14.1 Å². The number of benzene rings is 2. The molecule has 0 atom stereocenters. The van der Waals surface area contributed by atoms with E-state index in [1.807, 2.05) is 30.3 Å². The van der Waals surface area contributed by atoms with Gasteiger partial charge in [-0.15, -0.1) is 14.1 Å². The minimum Gasteiger partial charge on any atom is -0.360 e. The van der Waals surface area contributed by atoms with Gasteiger partial charge in [-0.2, -0.15) is 8.42 Å². The number of carbonyl (C=O) groups excluding carboxylic acids is 1. The number of aromatic nitrogens is 2. The van der Waals surface area contributed by atoms with E-state index in [0.29, 0.717) is 16.8 Å². The Morgan fingerprint density at radius 2 is 1.67 bits per heavy atom. The smallest absolute Gasteiger partial charge is 0.332 e. The zero-order valence-corrected chi connectivity index (χ0v) is 15.6. The largest absolute Gasteiger partial charge is 0.360 e. The van der Waals surface area contributed by atoms with Gasteiger partial charge in [0.1, 0.15) is 0 Å². The molecule has 10 heteroatoms. The number of nitrogens with zero attached hydrogens (tertiary/aromatic N) is 2. The Kier molecular flexibility index (Phi) is 5.77. The molecule has 3 aromatic rings. The molecule has 0 saturated heterocycles. The summed E-state index contributed by atoms with van der Waals surface area (Å²) in [5.74, 6) is -0.496. The van der Waals surface area contributed by atoms with Crippen LogP contribution >= 0.6 is 11.3 Å². The Bertz CT molecular complexity index is 1020. The topological polar surface area (TPSA) is 101 Å². The highest BCUT2D eigenvalue weighted by Gasteiger charge is 2.14. The Morgan fingerprint density at radius 1 is 1.00 bits per heavy atom. The van der Waals surface area contributed by atoms with E-state index in [1.54, 1.807) is 0 Å². The molecular formula is C17H15FN4O3S2. The van der Waals surface area contributed by atoms with E-state index in [-0.39, 0.29) is 5.56 Å². The molecule has 2 N–H and O–H groups in total. The number of halogens is 1. The van der Waals surface area contributed by atoms with Crippen molar-refractivity contribution < 1.29 is 17.1 Å². The first kappa shape index (κ1) is 18.9. The van der Waals surface area contributed by atoms with Crippen molar-refractivity contribution in [1.29, 1.82) is 0 Å². The van der Waals surface area contributed by atoms with E-state index in [2.05, 4.69) is 20.8 Å². The molecule has 0 radical (unpaired) electrons. The van der Waals surface area contributed by atoms with E-state index in [1.165, 1.54) is 29.0 Å². The van der Waals surface area contributed by atoms with Crippen LogP contribution in [0.1, 0.15) is 15.9 Å². The first-order valence-corrected chi connectivity index (χ1v) is 10.1. The third-order valence-corrected chi connectivity index (χ3v) is 5.21. The number of hydrogen-bond acceptors (Lipinski definition) is 7. The molecule has 0 aliphatic rings. The summed E-state index contributed by atoms with van der Waals surface area (Å²) in [6, 6.07) is 14.5. The van der Waals surface area contributed by atoms with Crippen molar-refractivity contribution >= 4 is 37.7 Å². The summed E-state index contributed by atoms with van der Waals surface area (Å²) in [7, 11) is -4.79. The van der Waals surface area contributed by atoms with Gasteiger partial charge in [0.15, 0.2) is 0 Å². The minimum absolute atomic E-state index is 0.177. The van der Waals surface area contributed by atoms with E-state index < -0.39 is 21.0 Å². The maximum absolute atomic E-state index is 12.9. The number of nitrogens with one attached hydrogen (secondary N) is 2. The third-order valence-electron chi connectivity index (χ3n) is 3.58. The first-order valence-electron chi connectivity index (χ1n) is 7.89. The fourth-order valence-electron chi connectivity index (χ4n) is 2.24. The summed E-state index contributed by atoms with van der Waals surface area (Å²) in [5.41, 5.74) is 1.37. The van der Waals surface area contributed by atoms with E-state index in [4.69, 9.17) is 0 Å². The predicted molar refractivity (Wildman–Crippen MR) is 101 cm³/mol. The molecule has 1 amide bonds. The molecule has 0 saturated carbocycles. The van der Waals surface area contributed by atoms with Crippen molar-refractivity contribution in [3.05, 3.63) is 65.7 Å². The van der Waals surface area contributed by atoms with Gasteiger partial charge >= 0.3 is 10.2 Å². The number of amides is 1. The number of rotatable bonds is 7. The average molecular weight is 406 g/mol. The quantitative estimate of drug-likeness (QED) is 0.585. The monoisotopic (exact) mass is 406 g/mol. The van der Waals surface area contributed by atoms with Gasteiger partial charge in [-0.25, -0.2) is 0 Å². The van der Waals surface area contributed by atoms with Gasteiger partial charge in [0.25, 0.3) is 5.91 Å². The SMILES string of the molecule is O=C(Nc1nnc(NCCc2ccccc2)s1)c1ccc(S(=O)(=O)F)cc1. The van der Waals surface area contributed by atoms with Crippen molar-refractivity contribution in [2.75, 3.05) is 17.2 Å². The lowest BCUT2D eigenvalue weighted by Gasteiger charge is -2.02. The van der Waals surface area contributed by atoms with Crippen molar-refractivity contribution in [2.24, 2.45) is 0 Å². The summed E-state index contributed by atoms with van der Waals surface area (Å²) in [4.78, 5) is 11.6. The number of anilines is 2. The number of hydrogen-bond donors (Lipinski definition) is 2. The Morgan fingerprint density at radius 3 is 2.33 bits per heavy atom. The molecule has 0 aliphatic heterocycles. The Balaban J connectivity index is 1.54. The molecular weight excluding hydrogens is 391 g/mol. The van der Waals surface area contributed by atoms with Crippen LogP contribution in [-0.4, -0.2) is 31.1 Å². The van der Waals surface area contributed by atoms with Gasteiger partial charge in [-0.05, 0) is 36.2 Å². The highest BCUT2D eigenvalue weighted by molar-refractivity contribution is 7.86. The molecule has 0 bridgehead atoms. The highest BCUT2D eigenvalue weighted by atomic mass is 32.3. The average Bonchev–Trinajstić information content (AvgIpc) is 3.09. The molecule has 0 unspecified atom stereocenters. The van der Waals surface area contributed by atoms with Crippen molar-refractivity contribution in [3.8, 4) is 0 Å². The fraction of sp³-hybridized carbons (Fsp3) is 0.118. The second-order valence-corrected chi connectivity index (χ2v) is 7.82. The Hall–Kier alpha value is -2.85. The lowest BCUT2D eigenvalue weighted by Crippen LogP contribution is -2.11. The predicted octanol–water partition coefficient (Wildman–Crippen LogP) is 3.10. The van der Waals surface area contributed by atoms with Crippen LogP contribution in [0.15, 0.2) is 59.5 Å². The van der Waals surface area contributed by atoms with E-state index in [9.17, 15) is 17.1 Å². The summed E-state index contributed by atoms with van der Waals surface area (Å²) < 4.78 is 34.4. The molecule has 2 aromatic carbocycles. The van der Waals surface area contributed by atoms with Gasteiger partial charge in [-0.1, -0.05) is 41.7 Å². The molecule has 7 nitrogen and oxygen atoms in total. The van der Waals surface area contributed by atoms with Crippen LogP contribution in [-0.2, 0) is 16.6 Å². The number of carbonyl (C=O) groups is 1. The van der Waals surface area contributed by atoms with Crippen LogP contribution in [0.3, 0.4) is 0 Å². The zero-order chi connectivity index (χ0) is 19.3. The molecule has 0 aliphatic carbocycles. The van der Waals surface area contributed by atoms with Crippen LogP contribution < -0.4 is 10.6 Å². The highest BCUT2D eigenvalue weighted by Crippen LogP contribution is 2.21. The lowest BCUT2D eigenvalue weighted by molar-refractivity contribution is 0.102. The maximum atomic E-state index is 12.9. The molecule has 0 spiro atoms. The molecule has 3 rings (SSSR count). The van der Waals surface area contributed by atoms with Gasteiger partial charge in [0.05, 0.1) is 4.90 Å². The summed E-state index contributed by atoms with van der Waals surface area (Å²) in [6.07, 6.45) is 0.825. The van der Waals surface area contributed by atoms with E-state index >= 15 is 0 Å².